The summed E-state index contributed by atoms with van der Waals surface area (Å²) in [6.07, 6.45) is -0.311. The van der Waals surface area contributed by atoms with E-state index < -0.39 is 7.12 Å². The molecule has 0 spiro atoms. The van der Waals surface area contributed by atoms with Crippen LogP contribution in [0, 0.1) is 6.92 Å². The van der Waals surface area contributed by atoms with Crippen molar-refractivity contribution in [3.63, 3.8) is 0 Å². The largest absolute Gasteiger partial charge is 0.488 e. The Morgan fingerprint density at radius 1 is 1.05 bits per heavy atom. The van der Waals surface area contributed by atoms with Crippen LogP contribution in [0.25, 0.3) is 21.6 Å². The summed E-state index contributed by atoms with van der Waals surface area (Å²) >= 11 is 0. The van der Waals surface area contributed by atoms with E-state index in [1.165, 1.54) is 28.3 Å². The lowest BCUT2D eigenvalue weighted by Gasteiger charge is -2.34. The molecule has 0 unspecified atom stereocenters. The first-order valence-electron chi connectivity index (χ1n) is 12.3. The van der Waals surface area contributed by atoms with Crippen molar-refractivity contribution >= 4 is 24.4 Å². The van der Waals surface area contributed by atoms with Crippen molar-refractivity contribution < 1.29 is 19.6 Å². The molecule has 0 aromatic heterocycles. The Bertz CT molecular complexity index is 1320. The van der Waals surface area contributed by atoms with Crippen LogP contribution in [0.1, 0.15) is 28.2 Å². The minimum Gasteiger partial charge on any atom is -0.448 e. The Kier molecular flexibility index (Phi) is 7.16. The van der Waals surface area contributed by atoms with Gasteiger partial charge in [0.25, 0.3) is 0 Å². The highest BCUT2D eigenvalue weighted by Crippen LogP contribution is 2.44. The lowest BCUT2D eigenvalue weighted by atomic mass is 9.75. The zero-order valence-corrected chi connectivity index (χ0v) is 20.6. The second-order valence-corrected chi connectivity index (χ2v) is 9.45. The number of hydrogen-bond acceptors (Lipinski definition) is 6. The van der Waals surface area contributed by atoms with Gasteiger partial charge in [-0.1, -0.05) is 59.7 Å². The maximum absolute atomic E-state index is 12.9. The molecule has 37 heavy (non-hydrogen) atoms. The molecular weight excluding hydrogens is 469 g/mol. The summed E-state index contributed by atoms with van der Waals surface area (Å²) in [5.41, 5.74) is 15.8. The van der Waals surface area contributed by atoms with Gasteiger partial charge >= 0.3 is 13.2 Å². The zero-order valence-electron chi connectivity index (χ0n) is 20.6. The molecule has 1 aliphatic heterocycles. The van der Waals surface area contributed by atoms with E-state index in [-0.39, 0.29) is 12.0 Å². The molecule has 1 heterocycles. The number of ether oxygens (including phenoxy) is 1. The van der Waals surface area contributed by atoms with Crippen LogP contribution in [-0.2, 0) is 11.3 Å². The summed E-state index contributed by atoms with van der Waals surface area (Å²) in [6, 6.07) is 19.8. The first-order chi connectivity index (χ1) is 18.0. The summed E-state index contributed by atoms with van der Waals surface area (Å²) in [6.45, 7) is 5.00. The van der Waals surface area contributed by atoms with Crippen molar-refractivity contribution in [2.45, 2.75) is 19.4 Å². The van der Waals surface area contributed by atoms with E-state index in [2.05, 4.69) is 39.2 Å². The van der Waals surface area contributed by atoms with Gasteiger partial charge in [-0.3, -0.25) is 4.90 Å². The lowest BCUT2D eigenvalue weighted by molar-refractivity contribution is 0.0728. The molecule has 2 aliphatic rings. The maximum Gasteiger partial charge on any atom is 0.488 e. The third-order valence-corrected chi connectivity index (χ3v) is 7.34. The molecule has 1 saturated heterocycles. The van der Waals surface area contributed by atoms with Crippen LogP contribution in [0.4, 0.5) is 10.5 Å². The molecule has 10 heteroatoms. The smallest absolute Gasteiger partial charge is 0.448 e. The summed E-state index contributed by atoms with van der Waals surface area (Å²) in [5.74, 6) is 0.0278. The van der Waals surface area contributed by atoms with Crippen LogP contribution >= 0.6 is 0 Å². The minimum absolute atomic E-state index is 0.0278. The monoisotopic (exact) mass is 497 g/mol. The number of amides is 1. The van der Waals surface area contributed by atoms with Gasteiger partial charge in [0, 0.05) is 49.2 Å². The number of benzene rings is 3. The quantitative estimate of drug-likeness (QED) is 0.233. The minimum atomic E-state index is -1.65. The van der Waals surface area contributed by atoms with Gasteiger partial charge in [-0.15, -0.1) is 0 Å². The second kappa shape index (κ2) is 10.7. The molecule has 188 valence electrons. The van der Waals surface area contributed by atoms with Crippen LogP contribution in [0.2, 0.25) is 0 Å². The highest BCUT2D eigenvalue weighted by atomic mass is 16.6. The number of nitrogens with zero attached hydrogens (tertiary/aromatic N) is 5. The number of carbonyl (C=O) groups is 1. The molecule has 3 aromatic rings. The zero-order chi connectivity index (χ0) is 25.9. The number of piperazine rings is 1. The van der Waals surface area contributed by atoms with E-state index in [9.17, 15) is 14.8 Å². The molecule has 9 nitrogen and oxygen atoms in total. The molecule has 0 atom stereocenters. The number of carbonyl (C=O) groups excluding carboxylic acids is 1. The first kappa shape index (κ1) is 24.9. The van der Waals surface area contributed by atoms with Crippen molar-refractivity contribution in [3.8, 4) is 11.1 Å². The van der Waals surface area contributed by atoms with Crippen LogP contribution in [-0.4, -0.2) is 65.8 Å². The maximum atomic E-state index is 12.9. The Labute approximate surface area is 215 Å². The van der Waals surface area contributed by atoms with E-state index in [1.54, 1.807) is 11.0 Å². The van der Waals surface area contributed by atoms with Gasteiger partial charge in [0.2, 0.25) is 0 Å². The van der Waals surface area contributed by atoms with E-state index in [1.807, 2.05) is 31.2 Å². The van der Waals surface area contributed by atoms with Crippen molar-refractivity contribution in [2.24, 2.45) is 5.11 Å². The standard InChI is InChI=1S/C27H28BN5O4/c1-18-19(14-20(30-31-29)15-26(18)28(35)36)16-32-10-12-33(13-11-32)27(34)37-17-25-23-8-4-2-6-21(23)22-7-3-5-9-24(22)25/h2-9,14-15,25,35-36H,10-13,16-17H2,1H3. The fourth-order valence-electron chi connectivity index (χ4n) is 5.34. The predicted octanol–water partition coefficient (Wildman–Crippen LogP) is 3.68. The number of hydrogen-bond donors (Lipinski definition) is 2. The van der Waals surface area contributed by atoms with Gasteiger partial charge in [-0.25, -0.2) is 4.79 Å². The van der Waals surface area contributed by atoms with Crippen molar-refractivity contribution in [1.29, 1.82) is 0 Å². The molecule has 2 N–H and O–H groups in total. The molecule has 1 fully saturated rings. The Morgan fingerprint density at radius 3 is 2.27 bits per heavy atom. The molecule has 3 aromatic carbocycles. The van der Waals surface area contributed by atoms with Gasteiger partial charge in [0.05, 0.1) is 0 Å². The second-order valence-electron chi connectivity index (χ2n) is 9.45. The van der Waals surface area contributed by atoms with Gasteiger partial charge in [-0.2, -0.15) is 0 Å². The van der Waals surface area contributed by atoms with Crippen molar-refractivity contribution in [1.82, 2.24) is 9.80 Å². The molecule has 0 radical (unpaired) electrons. The van der Waals surface area contributed by atoms with Crippen LogP contribution < -0.4 is 5.46 Å². The highest BCUT2D eigenvalue weighted by molar-refractivity contribution is 6.59. The van der Waals surface area contributed by atoms with E-state index >= 15 is 0 Å². The summed E-state index contributed by atoms with van der Waals surface area (Å²) in [7, 11) is -1.65. The predicted molar refractivity (Wildman–Crippen MR) is 142 cm³/mol. The average Bonchev–Trinajstić information content (AvgIpc) is 3.23. The fraction of sp³-hybridized carbons (Fsp3) is 0.296. The SMILES string of the molecule is Cc1c(CN2CCN(C(=O)OCC3c4ccccc4-c4ccccc43)CC2)cc(N=[N+]=[N-])cc1B(O)O. The third-order valence-electron chi connectivity index (χ3n) is 7.34. The Morgan fingerprint density at radius 2 is 1.68 bits per heavy atom. The van der Waals surface area contributed by atoms with Crippen molar-refractivity contribution in [3.05, 3.63) is 93.4 Å². The normalized spacial score (nSPS) is 15.1. The third kappa shape index (κ3) is 5.05. The van der Waals surface area contributed by atoms with Crippen molar-refractivity contribution in [2.75, 3.05) is 32.8 Å². The summed E-state index contributed by atoms with van der Waals surface area (Å²) in [4.78, 5) is 19.6. The highest BCUT2D eigenvalue weighted by Gasteiger charge is 2.30. The number of rotatable bonds is 6. The summed E-state index contributed by atoms with van der Waals surface area (Å²) < 4.78 is 5.80. The van der Waals surface area contributed by atoms with E-state index in [4.69, 9.17) is 10.3 Å². The van der Waals surface area contributed by atoms with Crippen LogP contribution in [0.15, 0.2) is 65.8 Å². The van der Waals surface area contributed by atoms with Gasteiger partial charge in [0.1, 0.15) is 6.61 Å². The van der Waals surface area contributed by atoms with Gasteiger partial charge in [0.15, 0.2) is 0 Å². The first-order valence-corrected chi connectivity index (χ1v) is 12.3. The molecule has 0 saturated carbocycles. The molecule has 5 rings (SSSR count). The topological polar surface area (TPSA) is 122 Å². The van der Waals surface area contributed by atoms with E-state index in [0.717, 1.165) is 11.1 Å². The summed E-state index contributed by atoms with van der Waals surface area (Å²) in [5, 5.41) is 23.1. The average molecular weight is 497 g/mol. The number of fused-ring (bicyclic) bond motifs is 3. The number of azide groups is 1. The lowest BCUT2D eigenvalue weighted by Crippen LogP contribution is -2.48. The van der Waals surface area contributed by atoms with Crippen LogP contribution in [0.3, 0.4) is 0 Å². The van der Waals surface area contributed by atoms with Gasteiger partial charge < -0.3 is 19.7 Å². The Hall–Kier alpha value is -3.82. The fourth-order valence-corrected chi connectivity index (χ4v) is 5.34. The molecule has 1 aliphatic carbocycles. The van der Waals surface area contributed by atoms with E-state index in [0.29, 0.717) is 50.5 Å². The molecular formula is C27H28BN5O4. The van der Waals surface area contributed by atoms with Crippen LogP contribution in [0.5, 0.6) is 0 Å². The Balaban J connectivity index is 1.20. The van der Waals surface area contributed by atoms with Gasteiger partial charge in [-0.05, 0) is 57.4 Å². The molecule has 0 bridgehead atoms. The molecule has 1 amide bonds.